The van der Waals surface area contributed by atoms with Gasteiger partial charge >= 0.3 is 0 Å². The number of hydrogen-bond donors (Lipinski definition) is 0. The van der Waals surface area contributed by atoms with E-state index in [9.17, 15) is 0 Å². The first kappa shape index (κ1) is 16.8. The third kappa shape index (κ3) is 3.47. The Morgan fingerprint density at radius 2 is 1.92 bits per heavy atom. The number of nitrogens with zero attached hydrogens (tertiary/aromatic N) is 5. The van der Waals surface area contributed by atoms with Crippen LogP contribution in [0.4, 0.5) is 5.82 Å². The lowest BCUT2D eigenvalue weighted by atomic mass is 10.1. The smallest absolute Gasteiger partial charge is 0.133 e. The molecule has 134 valence electrons. The summed E-state index contributed by atoms with van der Waals surface area (Å²) in [6.45, 7) is 7.03. The summed E-state index contributed by atoms with van der Waals surface area (Å²) in [6.07, 6.45) is 5.91. The van der Waals surface area contributed by atoms with Crippen LogP contribution in [0.3, 0.4) is 0 Å². The van der Waals surface area contributed by atoms with Gasteiger partial charge in [-0.1, -0.05) is 44.2 Å². The summed E-state index contributed by atoms with van der Waals surface area (Å²) < 4.78 is 2.32. The number of anilines is 1. The summed E-state index contributed by atoms with van der Waals surface area (Å²) in [7, 11) is 0. The normalized spacial score (nSPS) is 13.9. The molecule has 0 saturated heterocycles. The fraction of sp³-hybridized carbons (Fsp3) is 0.381. The SMILES string of the molecule is CC(C)c1nccc(N2CCc3c(ncn3CCc3ccccc3)C2)n1. The van der Waals surface area contributed by atoms with Crippen LogP contribution in [0.15, 0.2) is 48.9 Å². The van der Waals surface area contributed by atoms with Crippen LogP contribution >= 0.6 is 0 Å². The van der Waals surface area contributed by atoms with Gasteiger partial charge in [-0.05, 0) is 18.1 Å². The molecule has 0 unspecified atom stereocenters. The summed E-state index contributed by atoms with van der Waals surface area (Å²) in [5.41, 5.74) is 3.92. The zero-order valence-corrected chi connectivity index (χ0v) is 15.5. The molecule has 3 heterocycles. The maximum Gasteiger partial charge on any atom is 0.133 e. The van der Waals surface area contributed by atoms with Gasteiger partial charge in [0.15, 0.2) is 0 Å². The van der Waals surface area contributed by atoms with Gasteiger partial charge in [0.05, 0.1) is 18.6 Å². The van der Waals surface area contributed by atoms with Crippen molar-refractivity contribution in [1.82, 2.24) is 19.5 Å². The van der Waals surface area contributed by atoms with Crippen LogP contribution in [0, 0.1) is 0 Å². The van der Waals surface area contributed by atoms with Crippen molar-refractivity contribution >= 4 is 5.82 Å². The number of aromatic nitrogens is 4. The van der Waals surface area contributed by atoms with Crippen LogP contribution in [0.1, 0.15) is 42.5 Å². The van der Waals surface area contributed by atoms with E-state index in [-0.39, 0.29) is 0 Å². The maximum atomic E-state index is 4.73. The van der Waals surface area contributed by atoms with Gasteiger partial charge in [-0.15, -0.1) is 0 Å². The van der Waals surface area contributed by atoms with Crippen molar-refractivity contribution in [2.75, 3.05) is 11.4 Å². The van der Waals surface area contributed by atoms with Crippen LogP contribution in [0.5, 0.6) is 0 Å². The highest BCUT2D eigenvalue weighted by molar-refractivity contribution is 5.41. The lowest BCUT2D eigenvalue weighted by Gasteiger charge is -2.28. The third-order valence-electron chi connectivity index (χ3n) is 4.98. The summed E-state index contributed by atoms with van der Waals surface area (Å²) in [5.74, 6) is 2.25. The van der Waals surface area contributed by atoms with Crippen LogP contribution in [0.25, 0.3) is 0 Å². The van der Waals surface area contributed by atoms with Crippen molar-refractivity contribution in [2.45, 2.75) is 45.7 Å². The van der Waals surface area contributed by atoms with Crippen LogP contribution < -0.4 is 4.90 Å². The molecule has 3 aromatic rings. The lowest BCUT2D eigenvalue weighted by Crippen LogP contribution is -2.32. The standard InChI is InChI=1S/C21H25N5/c1-16(2)21-22-11-8-20(24-21)25-13-10-19-18(14-25)23-15-26(19)12-9-17-6-4-3-5-7-17/h3-8,11,15-16H,9-10,12-14H2,1-2H3. The van der Waals surface area contributed by atoms with E-state index in [1.54, 1.807) is 0 Å². The van der Waals surface area contributed by atoms with Gasteiger partial charge in [-0.3, -0.25) is 0 Å². The predicted octanol–water partition coefficient (Wildman–Crippen LogP) is 3.60. The minimum absolute atomic E-state index is 0.340. The van der Waals surface area contributed by atoms with Crippen molar-refractivity contribution in [2.24, 2.45) is 0 Å². The fourth-order valence-electron chi connectivity index (χ4n) is 3.47. The van der Waals surface area contributed by atoms with Crippen molar-refractivity contribution in [1.29, 1.82) is 0 Å². The Bertz CT molecular complexity index is 869. The van der Waals surface area contributed by atoms with Gasteiger partial charge in [0.25, 0.3) is 0 Å². The highest BCUT2D eigenvalue weighted by Crippen LogP contribution is 2.23. The molecule has 0 fully saturated rings. The Labute approximate surface area is 154 Å². The minimum atomic E-state index is 0.340. The van der Waals surface area contributed by atoms with Gasteiger partial charge in [-0.2, -0.15) is 0 Å². The van der Waals surface area contributed by atoms with Crippen LogP contribution in [0.2, 0.25) is 0 Å². The van der Waals surface area contributed by atoms with Crippen molar-refractivity contribution in [3.63, 3.8) is 0 Å². The topological polar surface area (TPSA) is 46.8 Å². The lowest BCUT2D eigenvalue weighted by molar-refractivity contribution is 0.620. The van der Waals surface area contributed by atoms with E-state index in [1.165, 1.54) is 17.0 Å². The molecule has 0 aliphatic carbocycles. The number of rotatable bonds is 5. The van der Waals surface area contributed by atoms with E-state index in [0.29, 0.717) is 5.92 Å². The predicted molar refractivity (Wildman–Crippen MR) is 103 cm³/mol. The molecule has 0 radical (unpaired) electrons. The first-order valence-corrected chi connectivity index (χ1v) is 9.35. The largest absolute Gasteiger partial charge is 0.350 e. The Hall–Kier alpha value is -2.69. The Kier molecular flexibility index (Phi) is 4.69. The fourth-order valence-corrected chi connectivity index (χ4v) is 3.47. The van der Waals surface area contributed by atoms with Gasteiger partial charge in [-0.25, -0.2) is 15.0 Å². The number of hydrogen-bond acceptors (Lipinski definition) is 4. The maximum absolute atomic E-state index is 4.73. The first-order chi connectivity index (χ1) is 12.7. The molecule has 5 heteroatoms. The van der Waals surface area contributed by atoms with Crippen molar-refractivity contribution in [3.8, 4) is 0 Å². The van der Waals surface area contributed by atoms with E-state index < -0.39 is 0 Å². The first-order valence-electron chi connectivity index (χ1n) is 9.35. The molecule has 5 nitrogen and oxygen atoms in total. The quantitative estimate of drug-likeness (QED) is 0.707. The van der Waals surface area contributed by atoms with Crippen molar-refractivity contribution < 1.29 is 0 Å². The zero-order valence-electron chi connectivity index (χ0n) is 15.5. The van der Waals surface area contributed by atoms with E-state index in [1.807, 2.05) is 18.6 Å². The number of aryl methyl sites for hydroxylation is 2. The monoisotopic (exact) mass is 347 g/mol. The average molecular weight is 347 g/mol. The van der Waals surface area contributed by atoms with E-state index in [0.717, 1.165) is 44.1 Å². The van der Waals surface area contributed by atoms with Gasteiger partial charge in [0.2, 0.25) is 0 Å². The molecule has 4 rings (SSSR count). The highest BCUT2D eigenvalue weighted by Gasteiger charge is 2.22. The molecule has 1 aliphatic rings. The Morgan fingerprint density at radius 1 is 1.08 bits per heavy atom. The van der Waals surface area contributed by atoms with Gasteiger partial charge < -0.3 is 9.47 Å². The van der Waals surface area contributed by atoms with Crippen LogP contribution in [-0.2, 0) is 25.9 Å². The molecule has 0 atom stereocenters. The molecule has 0 N–H and O–H groups in total. The van der Waals surface area contributed by atoms with Crippen molar-refractivity contribution in [3.05, 3.63) is 71.7 Å². The second-order valence-electron chi connectivity index (χ2n) is 7.17. The molecule has 0 spiro atoms. The third-order valence-corrected chi connectivity index (χ3v) is 4.98. The molecule has 0 saturated carbocycles. The number of fused-ring (bicyclic) bond motifs is 1. The molecule has 1 aliphatic heterocycles. The van der Waals surface area contributed by atoms with Gasteiger partial charge in [0.1, 0.15) is 11.6 Å². The molecule has 26 heavy (non-hydrogen) atoms. The summed E-state index contributed by atoms with van der Waals surface area (Å²) in [4.78, 5) is 16.1. The minimum Gasteiger partial charge on any atom is -0.350 e. The summed E-state index contributed by atoms with van der Waals surface area (Å²) >= 11 is 0. The van der Waals surface area contributed by atoms with Crippen LogP contribution in [-0.4, -0.2) is 26.1 Å². The highest BCUT2D eigenvalue weighted by atomic mass is 15.2. The molecule has 2 aromatic heterocycles. The van der Waals surface area contributed by atoms with E-state index in [2.05, 4.69) is 63.6 Å². The second kappa shape index (κ2) is 7.28. The van der Waals surface area contributed by atoms with Gasteiger partial charge in [0, 0.05) is 37.3 Å². The average Bonchev–Trinajstić information content (AvgIpc) is 3.09. The molecular weight excluding hydrogens is 322 g/mol. The summed E-state index contributed by atoms with van der Waals surface area (Å²) in [5, 5.41) is 0. The Morgan fingerprint density at radius 3 is 2.73 bits per heavy atom. The molecule has 1 aromatic carbocycles. The molecule has 0 amide bonds. The Balaban J connectivity index is 1.47. The molecule has 0 bridgehead atoms. The number of benzene rings is 1. The second-order valence-corrected chi connectivity index (χ2v) is 7.17. The molecular formula is C21H25N5. The van der Waals surface area contributed by atoms with E-state index >= 15 is 0 Å². The van der Waals surface area contributed by atoms with E-state index in [4.69, 9.17) is 4.98 Å². The zero-order chi connectivity index (χ0) is 17.9. The number of imidazole rings is 1. The summed E-state index contributed by atoms with van der Waals surface area (Å²) in [6, 6.07) is 12.6.